The van der Waals surface area contributed by atoms with Crippen molar-refractivity contribution in [1.29, 1.82) is 0 Å². The van der Waals surface area contributed by atoms with Gasteiger partial charge >= 0.3 is 0 Å². The molecule has 0 aromatic heterocycles. The molecular weight excluding hydrogens is 586 g/mol. The fraction of sp³-hybridized carbons (Fsp3) is 0.125. The second kappa shape index (κ2) is 10.0. The molecule has 1 unspecified atom stereocenters. The van der Waals surface area contributed by atoms with Gasteiger partial charge in [-0.2, -0.15) is 0 Å². The van der Waals surface area contributed by atoms with E-state index in [1.165, 1.54) is 18.2 Å². The van der Waals surface area contributed by atoms with Crippen molar-refractivity contribution in [2.75, 3.05) is 5.32 Å². The van der Waals surface area contributed by atoms with E-state index in [1.54, 1.807) is 0 Å². The van der Waals surface area contributed by atoms with Crippen molar-refractivity contribution in [1.82, 2.24) is 10.6 Å². The molecule has 0 fully saturated rings. The summed E-state index contributed by atoms with van der Waals surface area (Å²) in [5.41, 5.74) is 0.948. The van der Waals surface area contributed by atoms with E-state index >= 15 is 0 Å². The van der Waals surface area contributed by atoms with Gasteiger partial charge in [0.2, 0.25) is 3.79 Å². The lowest BCUT2D eigenvalue weighted by atomic mass is 10.2. The highest BCUT2D eigenvalue weighted by molar-refractivity contribution is 14.1. The summed E-state index contributed by atoms with van der Waals surface area (Å²) in [6.07, 6.45) is -1.12. The molecule has 144 valence electrons. The van der Waals surface area contributed by atoms with Gasteiger partial charge in [-0.15, -0.1) is 0 Å². The number of nitrogens with one attached hydrogen (secondary N) is 3. The number of alkyl halides is 3. The van der Waals surface area contributed by atoms with Gasteiger partial charge in [-0.3, -0.25) is 4.79 Å². The predicted molar refractivity (Wildman–Crippen MR) is 127 cm³/mol. The van der Waals surface area contributed by atoms with Crippen LogP contribution in [0.2, 0.25) is 10.0 Å². The number of amides is 1. The molecule has 0 heterocycles. The molecule has 0 bridgehead atoms. The molecule has 3 N–H and O–H groups in total. The van der Waals surface area contributed by atoms with E-state index in [0.717, 1.165) is 9.26 Å². The average molecular weight is 598 g/mol. The largest absolute Gasteiger partial charge is 0.339 e. The quantitative estimate of drug-likeness (QED) is 0.175. The maximum atomic E-state index is 12.5. The zero-order valence-electron chi connectivity index (χ0n) is 13.2. The van der Waals surface area contributed by atoms with E-state index in [2.05, 4.69) is 38.5 Å². The van der Waals surface area contributed by atoms with E-state index in [1.807, 2.05) is 24.3 Å². The fourth-order valence-corrected chi connectivity index (χ4v) is 3.51. The number of para-hydroxylation sites is 1. The van der Waals surface area contributed by atoms with Crippen molar-refractivity contribution in [2.45, 2.75) is 9.96 Å². The molecule has 2 rings (SSSR count). The van der Waals surface area contributed by atoms with Crippen LogP contribution in [0.15, 0.2) is 42.5 Å². The Balaban J connectivity index is 2.12. The fourth-order valence-electron chi connectivity index (χ4n) is 1.93. The van der Waals surface area contributed by atoms with Gasteiger partial charge in [-0.1, -0.05) is 70.1 Å². The Morgan fingerprint density at radius 1 is 1.07 bits per heavy atom. The second-order valence-corrected chi connectivity index (χ2v) is 9.93. The van der Waals surface area contributed by atoms with Crippen molar-refractivity contribution in [3.05, 3.63) is 61.6 Å². The Bertz CT molecular complexity index is 862. The van der Waals surface area contributed by atoms with Crippen molar-refractivity contribution >= 4 is 110 Å². The summed E-state index contributed by atoms with van der Waals surface area (Å²) in [4.78, 5) is 12.5. The van der Waals surface area contributed by atoms with E-state index < -0.39 is 15.9 Å². The number of hydrogen-bond acceptors (Lipinski definition) is 2. The summed E-state index contributed by atoms with van der Waals surface area (Å²) < 4.78 is -0.939. The van der Waals surface area contributed by atoms with Crippen LogP contribution in [0.4, 0.5) is 5.69 Å². The highest BCUT2D eigenvalue weighted by Crippen LogP contribution is 2.30. The Kier molecular flexibility index (Phi) is 8.54. The molecule has 0 aliphatic carbocycles. The lowest BCUT2D eigenvalue weighted by Gasteiger charge is -2.28. The lowest BCUT2D eigenvalue weighted by molar-refractivity contribution is 0.0934. The van der Waals surface area contributed by atoms with Crippen LogP contribution in [-0.4, -0.2) is 21.0 Å². The third-order valence-corrected chi connectivity index (χ3v) is 5.54. The number of anilines is 1. The number of hydrogen-bond donors (Lipinski definition) is 3. The summed E-state index contributed by atoms with van der Waals surface area (Å²) in [7, 11) is 0. The maximum Gasteiger partial charge on any atom is 0.254 e. The molecule has 1 atom stereocenters. The minimum absolute atomic E-state index is 0.165. The third kappa shape index (κ3) is 6.96. The van der Waals surface area contributed by atoms with Crippen molar-refractivity contribution in [3.63, 3.8) is 0 Å². The average Bonchev–Trinajstić information content (AvgIpc) is 2.55. The number of rotatable bonds is 4. The van der Waals surface area contributed by atoms with Gasteiger partial charge in [0, 0.05) is 8.59 Å². The van der Waals surface area contributed by atoms with Crippen LogP contribution in [0, 0.1) is 3.57 Å². The van der Waals surface area contributed by atoms with Crippen LogP contribution in [0.25, 0.3) is 0 Å². The smallest absolute Gasteiger partial charge is 0.254 e. The van der Waals surface area contributed by atoms with E-state index in [9.17, 15) is 4.79 Å². The van der Waals surface area contributed by atoms with Crippen LogP contribution in [0.1, 0.15) is 10.4 Å². The molecule has 0 aliphatic rings. The summed E-state index contributed by atoms with van der Waals surface area (Å²) >= 11 is 37.3. The normalized spacial score (nSPS) is 12.2. The van der Waals surface area contributed by atoms with Crippen molar-refractivity contribution < 1.29 is 4.79 Å². The van der Waals surface area contributed by atoms with Crippen LogP contribution in [0.3, 0.4) is 0 Å². The van der Waals surface area contributed by atoms with Crippen LogP contribution < -0.4 is 16.0 Å². The van der Waals surface area contributed by atoms with Crippen LogP contribution >= 0.6 is 92.8 Å². The van der Waals surface area contributed by atoms with Gasteiger partial charge in [-0.25, -0.2) is 0 Å². The molecule has 11 heteroatoms. The molecule has 4 nitrogen and oxygen atoms in total. The van der Waals surface area contributed by atoms with Gasteiger partial charge < -0.3 is 16.0 Å². The first-order valence-corrected chi connectivity index (χ1v) is 10.6. The summed E-state index contributed by atoms with van der Waals surface area (Å²) in [6, 6.07) is 11.9. The van der Waals surface area contributed by atoms with E-state index in [0.29, 0.717) is 5.02 Å². The summed E-state index contributed by atoms with van der Waals surface area (Å²) in [5, 5.41) is 9.07. The number of carbonyl (C=O) groups is 1. The highest BCUT2D eigenvalue weighted by atomic mass is 127. The number of halogens is 6. The number of thiocarbonyl (C=S) groups is 1. The molecule has 0 saturated carbocycles. The minimum Gasteiger partial charge on any atom is -0.339 e. The van der Waals surface area contributed by atoms with Gasteiger partial charge in [0.15, 0.2) is 5.11 Å². The van der Waals surface area contributed by atoms with Crippen LogP contribution in [0.5, 0.6) is 0 Å². The molecule has 2 aromatic rings. The lowest BCUT2D eigenvalue weighted by Crippen LogP contribution is -2.56. The highest BCUT2D eigenvalue weighted by Gasteiger charge is 2.35. The second-order valence-electron chi connectivity index (χ2n) is 5.15. The topological polar surface area (TPSA) is 53.2 Å². The molecular formula is C16H11Cl5IN3OS. The minimum atomic E-state index is -1.88. The summed E-state index contributed by atoms with van der Waals surface area (Å²) in [6.45, 7) is 0. The zero-order chi connectivity index (χ0) is 20.2. The third-order valence-electron chi connectivity index (χ3n) is 3.18. The molecule has 27 heavy (non-hydrogen) atoms. The standard InChI is InChI=1S/C16H11Cl5IN3OS/c17-8-5-6-9(10(18)7-8)13(26)24-14(16(19,20)21)25-15(27)23-12-4-2-1-3-11(12)22/h1-7,14H,(H,24,26)(H2,23,25,27). The van der Waals surface area contributed by atoms with Gasteiger partial charge in [0.05, 0.1) is 16.3 Å². The van der Waals surface area contributed by atoms with Crippen LogP contribution in [-0.2, 0) is 0 Å². The van der Waals surface area contributed by atoms with Gasteiger partial charge in [-0.05, 0) is 65.1 Å². The SMILES string of the molecule is O=C(NC(NC(=S)Nc1ccccc1I)C(Cl)(Cl)Cl)c1ccc(Cl)cc1Cl. The molecule has 2 aromatic carbocycles. The number of benzene rings is 2. The molecule has 0 radical (unpaired) electrons. The number of carbonyl (C=O) groups excluding carboxylic acids is 1. The molecule has 1 amide bonds. The van der Waals surface area contributed by atoms with Crippen molar-refractivity contribution in [2.24, 2.45) is 0 Å². The first-order chi connectivity index (χ1) is 12.6. The van der Waals surface area contributed by atoms with E-state index in [-0.39, 0.29) is 15.7 Å². The van der Waals surface area contributed by atoms with Gasteiger partial charge in [0.1, 0.15) is 6.17 Å². The van der Waals surface area contributed by atoms with Crippen molar-refractivity contribution in [3.8, 4) is 0 Å². The summed E-state index contributed by atoms with van der Waals surface area (Å²) in [5.74, 6) is -0.558. The maximum absolute atomic E-state index is 12.5. The Morgan fingerprint density at radius 2 is 1.74 bits per heavy atom. The zero-order valence-corrected chi connectivity index (χ0v) is 20.0. The van der Waals surface area contributed by atoms with Gasteiger partial charge in [0.25, 0.3) is 5.91 Å². The monoisotopic (exact) mass is 595 g/mol. The van der Waals surface area contributed by atoms with E-state index in [4.69, 9.17) is 70.2 Å². The Morgan fingerprint density at radius 3 is 2.33 bits per heavy atom. The Labute approximate surface area is 200 Å². The molecule has 0 saturated heterocycles. The molecule has 0 aliphatic heterocycles. The molecule has 0 spiro atoms. The predicted octanol–water partition coefficient (Wildman–Crippen LogP) is 6.01. The first kappa shape index (κ1) is 23.1. The first-order valence-electron chi connectivity index (χ1n) is 7.22. The Hall–Kier alpha value is -0.220.